The van der Waals surface area contributed by atoms with E-state index in [4.69, 9.17) is 9.72 Å². The monoisotopic (exact) mass is 513 g/mol. The number of rotatable bonds is 6. The number of aryl methyl sites for hydroxylation is 1. The molecule has 2 atom stereocenters. The summed E-state index contributed by atoms with van der Waals surface area (Å²) in [6.07, 6.45) is 1.99. The van der Waals surface area contributed by atoms with Crippen LogP contribution in [0.5, 0.6) is 0 Å². The van der Waals surface area contributed by atoms with Crippen molar-refractivity contribution in [3.8, 4) is 6.07 Å². The maximum atomic E-state index is 9.52. The van der Waals surface area contributed by atoms with E-state index in [0.717, 1.165) is 93.0 Å². The highest BCUT2D eigenvalue weighted by atomic mass is 16.5. The maximum absolute atomic E-state index is 9.52. The molecule has 0 saturated carbocycles. The zero-order valence-electron chi connectivity index (χ0n) is 22.1. The van der Waals surface area contributed by atoms with Crippen molar-refractivity contribution in [3.63, 3.8) is 0 Å². The average Bonchev–Trinajstić information content (AvgIpc) is 2.90. The highest BCUT2D eigenvalue weighted by Crippen LogP contribution is 2.30. The third kappa shape index (κ3) is 5.23. The lowest BCUT2D eigenvalue weighted by Gasteiger charge is -2.42. The first-order valence-corrected chi connectivity index (χ1v) is 13.5. The summed E-state index contributed by atoms with van der Waals surface area (Å²) in [4.78, 5) is 21.2. The molecule has 6 rings (SSSR count). The zero-order chi connectivity index (χ0) is 26.1. The number of pyridine rings is 1. The van der Waals surface area contributed by atoms with Gasteiger partial charge in [-0.15, -0.1) is 0 Å². The van der Waals surface area contributed by atoms with Crippen LogP contribution in [0.4, 0.5) is 17.5 Å². The van der Waals surface area contributed by atoms with E-state index < -0.39 is 0 Å². The molecule has 0 bridgehead atoms. The van der Waals surface area contributed by atoms with Crippen LogP contribution in [0.15, 0.2) is 36.5 Å². The predicted molar refractivity (Wildman–Crippen MR) is 149 cm³/mol. The van der Waals surface area contributed by atoms with Gasteiger partial charge in [0.15, 0.2) is 0 Å². The van der Waals surface area contributed by atoms with E-state index in [2.05, 4.69) is 66.5 Å². The first kappa shape index (κ1) is 24.8. The molecule has 3 saturated heterocycles. The van der Waals surface area contributed by atoms with Crippen LogP contribution in [-0.2, 0) is 4.74 Å². The molecule has 2 N–H and O–H groups in total. The topological polar surface area (TPSA) is 105 Å². The van der Waals surface area contributed by atoms with Gasteiger partial charge >= 0.3 is 0 Å². The van der Waals surface area contributed by atoms with Crippen LogP contribution in [0.1, 0.15) is 18.2 Å². The highest BCUT2D eigenvalue weighted by molar-refractivity contribution is 5.95. The molecule has 1 aromatic carbocycles. The second-order valence-electron chi connectivity index (χ2n) is 10.6. The second-order valence-corrected chi connectivity index (χ2v) is 10.6. The summed E-state index contributed by atoms with van der Waals surface area (Å²) in [5.74, 6) is 1.73. The van der Waals surface area contributed by atoms with Gasteiger partial charge in [0.25, 0.3) is 0 Å². The smallest absolute Gasteiger partial charge is 0.225 e. The molecule has 3 aliphatic rings. The number of hydrogen-bond donors (Lipinski definition) is 2. The minimum atomic E-state index is 0.112. The fourth-order valence-corrected chi connectivity index (χ4v) is 5.67. The number of aromatic nitrogens is 3. The highest BCUT2D eigenvalue weighted by Gasteiger charge is 2.30. The number of benzene rings is 1. The van der Waals surface area contributed by atoms with E-state index in [9.17, 15) is 5.26 Å². The van der Waals surface area contributed by atoms with Gasteiger partial charge < -0.3 is 25.2 Å². The standard InChI is InChI=1S/C28H35N9O/c1-19-12-26(34-28(32-19)33-22-14-30-15-22)36-10-8-35(9-11-36)17-23-18-37(16-20(2)38-23)25-6-5-21(13-29)27-24(25)4-3-7-31-27/h3-7,12,20,22-23,30H,8-11,14-18H2,1-2H3,(H,32,33,34)/t20-,23+/m1/s1. The molecule has 0 aliphatic carbocycles. The lowest BCUT2D eigenvalue weighted by molar-refractivity contribution is -0.0327. The minimum absolute atomic E-state index is 0.112. The van der Waals surface area contributed by atoms with Gasteiger partial charge in [-0.25, -0.2) is 4.98 Å². The zero-order valence-corrected chi connectivity index (χ0v) is 22.1. The molecule has 0 unspecified atom stereocenters. The third-order valence-electron chi connectivity index (χ3n) is 7.65. The van der Waals surface area contributed by atoms with Crippen LogP contribution in [0.3, 0.4) is 0 Å². The van der Waals surface area contributed by atoms with Crippen LogP contribution in [-0.4, -0.2) is 97.0 Å². The van der Waals surface area contributed by atoms with Gasteiger partial charge in [-0.05, 0) is 38.1 Å². The summed E-state index contributed by atoms with van der Waals surface area (Å²) in [6, 6.07) is 12.7. The summed E-state index contributed by atoms with van der Waals surface area (Å²) < 4.78 is 6.39. The number of nitriles is 1. The van der Waals surface area contributed by atoms with Gasteiger partial charge in [0, 0.05) is 87.9 Å². The Morgan fingerprint density at radius 3 is 2.71 bits per heavy atom. The lowest BCUT2D eigenvalue weighted by Crippen LogP contribution is -2.54. The number of ether oxygens (including phenoxy) is 1. The van der Waals surface area contributed by atoms with Crippen molar-refractivity contribution in [1.29, 1.82) is 5.26 Å². The Kier molecular flexibility index (Phi) is 6.98. The van der Waals surface area contributed by atoms with Crippen molar-refractivity contribution in [2.45, 2.75) is 32.1 Å². The Morgan fingerprint density at radius 2 is 1.95 bits per heavy atom. The molecule has 198 valence electrons. The lowest BCUT2D eigenvalue weighted by atomic mass is 10.1. The maximum Gasteiger partial charge on any atom is 0.225 e. The van der Waals surface area contributed by atoms with Gasteiger partial charge in [-0.1, -0.05) is 0 Å². The molecule has 5 heterocycles. The van der Waals surface area contributed by atoms with Gasteiger partial charge in [-0.2, -0.15) is 10.2 Å². The number of hydrogen-bond acceptors (Lipinski definition) is 10. The number of morpholine rings is 1. The van der Waals surface area contributed by atoms with Crippen LogP contribution in [0.25, 0.3) is 10.9 Å². The van der Waals surface area contributed by atoms with Crippen LogP contribution in [0, 0.1) is 18.3 Å². The first-order valence-electron chi connectivity index (χ1n) is 13.5. The fraction of sp³-hybridized carbons (Fsp3) is 0.500. The van der Waals surface area contributed by atoms with E-state index in [1.54, 1.807) is 6.20 Å². The van der Waals surface area contributed by atoms with Gasteiger partial charge in [0.1, 0.15) is 11.9 Å². The summed E-state index contributed by atoms with van der Waals surface area (Å²) in [5, 5.41) is 17.3. The minimum Gasteiger partial charge on any atom is -0.370 e. The molecule has 38 heavy (non-hydrogen) atoms. The first-order chi connectivity index (χ1) is 18.6. The molecule has 10 nitrogen and oxygen atoms in total. The van der Waals surface area contributed by atoms with Crippen molar-refractivity contribution in [1.82, 2.24) is 25.2 Å². The van der Waals surface area contributed by atoms with Gasteiger partial charge in [-0.3, -0.25) is 9.88 Å². The van der Waals surface area contributed by atoms with Gasteiger partial charge in [0.2, 0.25) is 5.95 Å². The van der Waals surface area contributed by atoms with Crippen LogP contribution >= 0.6 is 0 Å². The predicted octanol–water partition coefficient (Wildman–Crippen LogP) is 2.00. The number of fused-ring (bicyclic) bond motifs is 1. The fourth-order valence-electron chi connectivity index (χ4n) is 5.67. The molecule has 0 amide bonds. The molecule has 3 fully saturated rings. The average molecular weight is 514 g/mol. The SMILES string of the molecule is Cc1cc(N2CCN(C[C@H]3CN(c4ccc(C#N)c5ncccc45)C[C@@H](C)O3)CC2)nc(NC2CNC2)n1. The Morgan fingerprint density at radius 1 is 1.11 bits per heavy atom. The second kappa shape index (κ2) is 10.7. The Bertz CT molecular complexity index is 1330. The van der Waals surface area contributed by atoms with Crippen molar-refractivity contribution < 1.29 is 4.74 Å². The van der Waals surface area contributed by atoms with Crippen molar-refractivity contribution in [2.24, 2.45) is 0 Å². The summed E-state index contributed by atoms with van der Waals surface area (Å²) >= 11 is 0. The molecular weight excluding hydrogens is 478 g/mol. The van der Waals surface area contributed by atoms with Crippen molar-refractivity contribution >= 4 is 28.4 Å². The molecule has 3 aromatic rings. The van der Waals surface area contributed by atoms with Crippen molar-refractivity contribution in [3.05, 3.63) is 47.8 Å². The number of nitrogens with zero attached hydrogens (tertiary/aromatic N) is 7. The normalized spacial score (nSPS) is 22.8. The molecule has 10 heteroatoms. The van der Waals surface area contributed by atoms with E-state index in [0.29, 0.717) is 11.6 Å². The largest absolute Gasteiger partial charge is 0.370 e. The molecule has 0 radical (unpaired) electrons. The van der Waals surface area contributed by atoms with Crippen LogP contribution in [0.2, 0.25) is 0 Å². The third-order valence-corrected chi connectivity index (χ3v) is 7.65. The number of anilines is 3. The van der Waals surface area contributed by atoms with E-state index in [1.165, 1.54) is 0 Å². The van der Waals surface area contributed by atoms with Crippen molar-refractivity contribution in [2.75, 3.05) is 74.0 Å². The molecular formula is C28H35N9O. The Labute approximate surface area is 223 Å². The Hall–Kier alpha value is -3.52. The molecule has 2 aromatic heterocycles. The molecule has 0 spiro atoms. The summed E-state index contributed by atoms with van der Waals surface area (Å²) in [6.45, 7) is 12.4. The van der Waals surface area contributed by atoms with E-state index >= 15 is 0 Å². The summed E-state index contributed by atoms with van der Waals surface area (Å²) in [5.41, 5.74) is 3.49. The number of piperazine rings is 1. The Balaban J connectivity index is 1.09. The number of nitrogens with one attached hydrogen (secondary N) is 2. The van der Waals surface area contributed by atoms with E-state index in [-0.39, 0.29) is 12.2 Å². The summed E-state index contributed by atoms with van der Waals surface area (Å²) in [7, 11) is 0. The van der Waals surface area contributed by atoms with Gasteiger partial charge in [0.05, 0.1) is 29.3 Å². The molecule has 3 aliphatic heterocycles. The van der Waals surface area contributed by atoms with E-state index in [1.807, 2.05) is 19.1 Å². The quantitative estimate of drug-likeness (QED) is 0.508. The van der Waals surface area contributed by atoms with Crippen LogP contribution < -0.4 is 20.4 Å².